The molecule has 0 aliphatic rings. The van der Waals surface area contributed by atoms with Crippen molar-refractivity contribution in [1.82, 2.24) is 9.88 Å². The zero-order valence-electron chi connectivity index (χ0n) is 16.1. The molecule has 1 aromatic heterocycles. The number of fused-ring (bicyclic) bond motifs is 1. The third kappa shape index (κ3) is 3.98. The van der Waals surface area contributed by atoms with Crippen LogP contribution in [0.4, 0.5) is 0 Å². The van der Waals surface area contributed by atoms with Crippen LogP contribution in [0.2, 0.25) is 0 Å². The van der Waals surface area contributed by atoms with E-state index in [2.05, 4.69) is 92.4 Å². The highest BCUT2D eigenvalue weighted by Crippen LogP contribution is 2.34. The molecule has 0 aliphatic carbocycles. The fourth-order valence-electron chi connectivity index (χ4n) is 3.43. The van der Waals surface area contributed by atoms with E-state index >= 15 is 0 Å². The zero-order chi connectivity index (χ0) is 18.7. The number of carbonyl (C=O) groups excluding carboxylic acids is 1. The lowest BCUT2D eigenvalue weighted by molar-refractivity contribution is -0.121. The second kappa shape index (κ2) is 7.77. The summed E-state index contributed by atoms with van der Waals surface area (Å²) in [6.07, 6.45) is 2.63. The van der Waals surface area contributed by atoms with E-state index in [-0.39, 0.29) is 11.8 Å². The van der Waals surface area contributed by atoms with Gasteiger partial charge in [-0.3, -0.25) is 4.79 Å². The van der Waals surface area contributed by atoms with E-state index in [1.54, 1.807) is 0 Å². The van der Waals surface area contributed by atoms with Crippen molar-refractivity contribution in [2.75, 3.05) is 6.54 Å². The molecular formula is C23H28N2O. The Morgan fingerprint density at radius 1 is 1.08 bits per heavy atom. The Bertz CT molecular complexity index is 890. The van der Waals surface area contributed by atoms with Gasteiger partial charge in [-0.1, -0.05) is 61.9 Å². The largest absolute Gasteiger partial charge is 0.356 e. The van der Waals surface area contributed by atoms with Crippen molar-refractivity contribution in [3.8, 4) is 0 Å². The van der Waals surface area contributed by atoms with Gasteiger partial charge in [0.25, 0.3) is 0 Å². The first-order valence-corrected chi connectivity index (χ1v) is 9.33. The molecule has 0 aliphatic heterocycles. The van der Waals surface area contributed by atoms with Gasteiger partial charge < -0.3 is 9.88 Å². The molecule has 3 aromatic rings. The maximum atomic E-state index is 12.6. The lowest BCUT2D eigenvalue weighted by atomic mass is 9.87. The molecule has 0 fully saturated rings. The highest BCUT2D eigenvalue weighted by atomic mass is 16.1. The van der Waals surface area contributed by atoms with Gasteiger partial charge in [-0.15, -0.1) is 0 Å². The van der Waals surface area contributed by atoms with Crippen LogP contribution in [0.25, 0.3) is 10.9 Å². The summed E-state index contributed by atoms with van der Waals surface area (Å²) in [5.74, 6) is 0.611. The Hall–Kier alpha value is -2.55. The van der Waals surface area contributed by atoms with E-state index in [4.69, 9.17) is 0 Å². The maximum absolute atomic E-state index is 12.6. The van der Waals surface area contributed by atoms with Crippen LogP contribution in [-0.2, 0) is 11.8 Å². The predicted molar refractivity (Wildman–Crippen MR) is 108 cm³/mol. The third-order valence-electron chi connectivity index (χ3n) is 4.88. The van der Waals surface area contributed by atoms with Gasteiger partial charge in [0.2, 0.25) is 5.91 Å². The molecule has 3 rings (SSSR count). The minimum atomic E-state index is 0.0499. The van der Waals surface area contributed by atoms with Crippen LogP contribution in [0.3, 0.4) is 0 Å². The predicted octanol–water partition coefficient (Wildman–Crippen LogP) is 4.78. The molecule has 0 bridgehead atoms. The summed E-state index contributed by atoms with van der Waals surface area (Å²) in [4.78, 5) is 12.6. The molecule has 3 heteroatoms. The van der Waals surface area contributed by atoms with E-state index in [1.165, 1.54) is 27.6 Å². The number of benzene rings is 2. The van der Waals surface area contributed by atoms with Crippen LogP contribution in [0.5, 0.6) is 0 Å². The van der Waals surface area contributed by atoms with Gasteiger partial charge >= 0.3 is 0 Å². The Morgan fingerprint density at radius 3 is 2.46 bits per heavy atom. The number of nitrogens with zero attached hydrogens (tertiary/aromatic N) is 1. The molecule has 3 nitrogen and oxygen atoms in total. The molecule has 1 atom stereocenters. The van der Waals surface area contributed by atoms with Crippen LogP contribution in [0, 0.1) is 12.8 Å². The Balaban J connectivity index is 1.99. The molecule has 0 unspecified atom stereocenters. The molecular weight excluding hydrogens is 320 g/mol. The van der Waals surface area contributed by atoms with Crippen LogP contribution in [0.1, 0.15) is 42.9 Å². The summed E-state index contributed by atoms with van der Waals surface area (Å²) in [5.41, 5.74) is 4.83. The van der Waals surface area contributed by atoms with Crippen molar-refractivity contribution in [3.05, 3.63) is 71.4 Å². The Kier molecular flexibility index (Phi) is 5.46. The van der Waals surface area contributed by atoms with E-state index in [1.807, 2.05) is 0 Å². The lowest BCUT2D eigenvalue weighted by Crippen LogP contribution is -2.28. The highest BCUT2D eigenvalue weighted by Gasteiger charge is 2.22. The number of hydrogen-bond donors (Lipinski definition) is 1. The average molecular weight is 348 g/mol. The monoisotopic (exact) mass is 348 g/mol. The number of aryl methyl sites for hydroxylation is 2. The molecule has 0 saturated heterocycles. The van der Waals surface area contributed by atoms with Gasteiger partial charge in [0.05, 0.1) is 0 Å². The van der Waals surface area contributed by atoms with Crippen molar-refractivity contribution in [3.63, 3.8) is 0 Å². The second-order valence-electron chi connectivity index (χ2n) is 7.58. The molecule has 26 heavy (non-hydrogen) atoms. The number of nitrogens with one attached hydrogen (secondary N) is 1. The topological polar surface area (TPSA) is 34.0 Å². The number of amides is 1. The Labute approximate surface area is 156 Å². The van der Waals surface area contributed by atoms with Crippen LogP contribution >= 0.6 is 0 Å². The Morgan fingerprint density at radius 2 is 1.77 bits per heavy atom. The van der Waals surface area contributed by atoms with E-state index in [9.17, 15) is 4.79 Å². The van der Waals surface area contributed by atoms with Gasteiger partial charge in [0.1, 0.15) is 0 Å². The normalized spacial score (nSPS) is 12.5. The molecule has 0 spiro atoms. The van der Waals surface area contributed by atoms with E-state index < -0.39 is 0 Å². The van der Waals surface area contributed by atoms with E-state index in [0.29, 0.717) is 12.3 Å². The second-order valence-corrected chi connectivity index (χ2v) is 7.58. The highest BCUT2D eigenvalue weighted by molar-refractivity contribution is 5.86. The molecule has 136 valence electrons. The fraction of sp³-hybridized carbons (Fsp3) is 0.348. The maximum Gasteiger partial charge on any atom is 0.220 e. The summed E-state index contributed by atoms with van der Waals surface area (Å²) in [6.45, 7) is 7.03. The van der Waals surface area contributed by atoms with Crippen LogP contribution < -0.4 is 5.32 Å². The first-order valence-electron chi connectivity index (χ1n) is 9.33. The van der Waals surface area contributed by atoms with Crippen molar-refractivity contribution in [2.24, 2.45) is 13.0 Å². The van der Waals surface area contributed by atoms with Crippen molar-refractivity contribution < 1.29 is 4.79 Å². The summed E-state index contributed by atoms with van der Waals surface area (Å²) in [7, 11) is 2.07. The summed E-state index contributed by atoms with van der Waals surface area (Å²) < 4.78 is 2.15. The summed E-state index contributed by atoms with van der Waals surface area (Å²) in [6, 6.07) is 17.0. The van der Waals surface area contributed by atoms with Crippen molar-refractivity contribution >= 4 is 16.8 Å². The van der Waals surface area contributed by atoms with Gasteiger partial charge in [-0.2, -0.15) is 0 Å². The van der Waals surface area contributed by atoms with Gasteiger partial charge in [0.15, 0.2) is 0 Å². The molecule has 1 heterocycles. The standard InChI is InChI=1S/C23H28N2O/c1-16(2)14-24-23(26)13-20(18-11-9-17(3)10-12-18)21-15-25(4)22-8-6-5-7-19(21)22/h5-12,15-16,20H,13-14H2,1-4H3,(H,24,26)/t20-/m1/s1. The number of carbonyl (C=O) groups is 1. The number of aromatic nitrogens is 1. The smallest absolute Gasteiger partial charge is 0.220 e. The van der Waals surface area contributed by atoms with Crippen molar-refractivity contribution in [1.29, 1.82) is 0 Å². The SMILES string of the molecule is Cc1ccc([C@@H](CC(=O)NCC(C)C)c2cn(C)c3ccccc23)cc1. The minimum Gasteiger partial charge on any atom is -0.356 e. The summed E-state index contributed by atoms with van der Waals surface area (Å²) >= 11 is 0. The first-order chi connectivity index (χ1) is 12.5. The quantitative estimate of drug-likeness (QED) is 0.683. The minimum absolute atomic E-state index is 0.0499. The molecule has 0 saturated carbocycles. The molecule has 0 radical (unpaired) electrons. The number of hydrogen-bond acceptors (Lipinski definition) is 1. The van der Waals surface area contributed by atoms with Gasteiger partial charge in [-0.05, 0) is 30.0 Å². The fourth-order valence-corrected chi connectivity index (χ4v) is 3.43. The molecule has 2 aromatic carbocycles. The number of para-hydroxylation sites is 1. The first kappa shape index (κ1) is 18.2. The molecule has 1 amide bonds. The average Bonchev–Trinajstić information content (AvgIpc) is 2.96. The van der Waals surface area contributed by atoms with Crippen LogP contribution in [0.15, 0.2) is 54.7 Å². The molecule has 1 N–H and O–H groups in total. The third-order valence-corrected chi connectivity index (χ3v) is 4.88. The zero-order valence-corrected chi connectivity index (χ0v) is 16.1. The lowest BCUT2D eigenvalue weighted by Gasteiger charge is -2.18. The van der Waals surface area contributed by atoms with Crippen molar-refractivity contribution in [2.45, 2.75) is 33.1 Å². The van der Waals surface area contributed by atoms with Gasteiger partial charge in [0, 0.05) is 43.0 Å². The van der Waals surface area contributed by atoms with E-state index in [0.717, 1.165) is 6.54 Å². The van der Waals surface area contributed by atoms with Gasteiger partial charge in [-0.25, -0.2) is 0 Å². The number of rotatable bonds is 6. The summed E-state index contributed by atoms with van der Waals surface area (Å²) in [5, 5.41) is 4.29. The van der Waals surface area contributed by atoms with Crippen LogP contribution in [-0.4, -0.2) is 17.0 Å².